The first-order valence-electron chi connectivity index (χ1n) is 14.5. The predicted molar refractivity (Wildman–Crippen MR) is 161 cm³/mol. The number of ether oxygens (including phenoxy) is 2. The molecular weight excluding hydrogens is 597 g/mol. The molecule has 11 heteroatoms. The van der Waals surface area contributed by atoms with Gasteiger partial charge in [-0.2, -0.15) is 0 Å². The molecule has 4 aromatic rings. The van der Waals surface area contributed by atoms with Crippen molar-refractivity contribution in [3.8, 4) is 11.3 Å². The van der Waals surface area contributed by atoms with Gasteiger partial charge in [-0.3, -0.25) is 0 Å². The number of carboxylic acids is 1. The number of carboxylic acid groups (broad SMARTS) is 1. The van der Waals surface area contributed by atoms with Gasteiger partial charge in [0.15, 0.2) is 5.13 Å². The van der Waals surface area contributed by atoms with E-state index < -0.39 is 5.97 Å². The van der Waals surface area contributed by atoms with Crippen LogP contribution in [0.25, 0.3) is 21.5 Å². The highest BCUT2D eigenvalue weighted by Crippen LogP contribution is 2.48. The van der Waals surface area contributed by atoms with Crippen molar-refractivity contribution in [2.24, 2.45) is 5.92 Å². The number of hydrogen-bond acceptors (Lipinski definition) is 8. The van der Waals surface area contributed by atoms with E-state index in [1.54, 1.807) is 23.5 Å². The van der Waals surface area contributed by atoms with Gasteiger partial charge in [0, 0.05) is 48.1 Å². The maximum absolute atomic E-state index is 11.9. The van der Waals surface area contributed by atoms with E-state index in [2.05, 4.69) is 10.1 Å². The van der Waals surface area contributed by atoms with E-state index in [-0.39, 0.29) is 12.0 Å². The third-order valence-electron chi connectivity index (χ3n) is 9.26. The number of anilines is 1. The van der Waals surface area contributed by atoms with Gasteiger partial charge in [-0.05, 0) is 61.9 Å². The van der Waals surface area contributed by atoms with E-state index in [4.69, 9.17) is 42.2 Å². The molecule has 0 radical (unpaired) electrons. The van der Waals surface area contributed by atoms with E-state index in [1.807, 2.05) is 18.2 Å². The average molecular weight is 627 g/mol. The standard InChI is InChI=1S/C31H29Cl2N3O5S/c32-22-2-1-3-23(33)26(22)28-21(29(41-35-28)15-4-5-15)14-40-24-11-19-8-18(24)12-36(19)31-34-27-20(16-6-7-39-13-16)9-17(30(37)38)10-25(27)42-31/h1-3,9-10,15-16,18-19,24H,4-8,11-14H2,(H,37,38)/t16-,18-,19-,24+/m0/s1. The van der Waals surface area contributed by atoms with Crippen molar-refractivity contribution in [2.45, 2.75) is 62.7 Å². The number of fused-ring (bicyclic) bond motifs is 3. The lowest BCUT2D eigenvalue weighted by Gasteiger charge is -2.31. The molecule has 8 nitrogen and oxygen atoms in total. The number of carbonyl (C=O) groups is 1. The highest BCUT2D eigenvalue weighted by molar-refractivity contribution is 7.22. The largest absolute Gasteiger partial charge is 0.478 e. The molecule has 0 amide bonds. The normalized spacial score (nSPS) is 25.2. The maximum Gasteiger partial charge on any atom is 0.335 e. The first-order valence-corrected chi connectivity index (χ1v) is 16.1. The van der Waals surface area contributed by atoms with Crippen molar-refractivity contribution in [3.05, 3.63) is 62.8 Å². The third-order valence-corrected chi connectivity index (χ3v) is 10.9. The van der Waals surface area contributed by atoms with Crippen molar-refractivity contribution in [1.82, 2.24) is 10.1 Å². The summed E-state index contributed by atoms with van der Waals surface area (Å²) in [5, 5.41) is 16.2. The Morgan fingerprint density at radius 1 is 1.14 bits per heavy atom. The molecule has 2 bridgehead atoms. The fourth-order valence-corrected chi connectivity index (χ4v) is 8.66. The first kappa shape index (κ1) is 26.9. The second-order valence-corrected chi connectivity index (χ2v) is 13.7. The van der Waals surface area contributed by atoms with Crippen molar-refractivity contribution in [3.63, 3.8) is 0 Å². The van der Waals surface area contributed by atoms with Gasteiger partial charge in [0.25, 0.3) is 0 Å². The molecule has 2 saturated carbocycles. The molecule has 2 aromatic heterocycles. The number of nitrogens with zero attached hydrogens (tertiary/aromatic N) is 3. The molecule has 2 aliphatic carbocycles. The molecule has 218 valence electrons. The molecule has 4 aliphatic rings. The summed E-state index contributed by atoms with van der Waals surface area (Å²) < 4.78 is 19.0. The Balaban J connectivity index is 1.02. The molecule has 42 heavy (non-hydrogen) atoms. The number of aromatic carboxylic acids is 1. The number of piperidine rings is 1. The Hall–Kier alpha value is -2.69. The smallest absolute Gasteiger partial charge is 0.335 e. The predicted octanol–water partition coefficient (Wildman–Crippen LogP) is 7.52. The second kappa shape index (κ2) is 10.5. The van der Waals surface area contributed by atoms with Gasteiger partial charge in [0.2, 0.25) is 0 Å². The summed E-state index contributed by atoms with van der Waals surface area (Å²) in [6.07, 6.45) is 5.15. The van der Waals surface area contributed by atoms with Crippen molar-refractivity contribution in [1.29, 1.82) is 0 Å². The van der Waals surface area contributed by atoms with Gasteiger partial charge in [0.1, 0.15) is 11.5 Å². The van der Waals surface area contributed by atoms with Gasteiger partial charge in [-0.25, -0.2) is 9.78 Å². The Morgan fingerprint density at radius 3 is 2.67 bits per heavy atom. The summed E-state index contributed by atoms with van der Waals surface area (Å²) >= 11 is 14.7. The van der Waals surface area contributed by atoms with E-state index in [1.165, 1.54) is 0 Å². The fraction of sp³-hybridized carbons (Fsp3) is 0.452. The molecule has 4 atom stereocenters. The molecule has 2 aromatic carbocycles. The van der Waals surface area contributed by atoms with Gasteiger partial charge in [0.05, 0.1) is 45.1 Å². The molecule has 2 saturated heterocycles. The number of aromatic nitrogens is 2. The number of rotatable bonds is 8. The van der Waals surface area contributed by atoms with Crippen LogP contribution in [0.5, 0.6) is 0 Å². The summed E-state index contributed by atoms with van der Waals surface area (Å²) in [6.45, 7) is 2.58. The maximum atomic E-state index is 11.9. The molecule has 4 heterocycles. The van der Waals surface area contributed by atoms with Crippen LogP contribution in [-0.4, -0.2) is 53.1 Å². The molecule has 1 N–H and O–H groups in total. The van der Waals surface area contributed by atoms with Crippen LogP contribution in [0.2, 0.25) is 10.0 Å². The summed E-state index contributed by atoms with van der Waals surface area (Å²) in [5.41, 5.74) is 4.54. The lowest BCUT2D eigenvalue weighted by molar-refractivity contribution is 0.0122. The number of hydrogen-bond donors (Lipinski definition) is 1. The Kier molecular flexibility index (Phi) is 6.72. The molecule has 0 spiro atoms. The van der Waals surface area contributed by atoms with Gasteiger partial charge in [-0.15, -0.1) is 0 Å². The molecular formula is C31H29Cl2N3O5S. The second-order valence-electron chi connectivity index (χ2n) is 11.9. The number of halogens is 2. The van der Waals surface area contributed by atoms with E-state index >= 15 is 0 Å². The van der Waals surface area contributed by atoms with Gasteiger partial charge < -0.3 is 24.0 Å². The van der Waals surface area contributed by atoms with E-state index in [0.29, 0.717) is 64.6 Å². The van der Waals surface area contributed by atoms with Crippen LogP contribution >= 0.6 is 34.5 Å². The summed E-state index contributed by atoms with van der Waals surface area (Å²) in [6, 6.07) is 9.35. The Morgan fingerprint density at radius 2 is 1.98 bits per heavy atom. The SMILES string of the molecule is O=C(O)c1cc([C@H]2CCOC2)c2nc(N3C[C@@H]4C[C@H]3C[C@H]4OCc3c(-c4c(Cl)cccc4Cl)noc3C3CC3)sc2c1. The Labute approximate surface area is 256 Å². The average Bonchev–Trinajstić information content (AvgIpc) is 3.49. The fourth-order valence-electron chi connectivity index (χ4n) is 6.96. The lowest BCUT2D eigenvalue weighted by Crippen LogP contribution is -2.38. The minimum atomic E-state index is -0.912. The first-order chi connectivity index (χ1) is 20.4. The van der Waals surface area contributed by atoms with Crippen molar-refractivity contribution >= 4 is 55.9 Å². The van der Waals surface area contributed by atoms with E-state index in [9.17, 15) is 9.90 Å². The molecule has 8 rings (SSSR count). The molecule has 4 fully saturated rings. The van der Waals surface area contributed by atoms with Crippen LogP contribution in [0.3, 0.4) is 0 Å². The summed E-state index contributed by atoms with van der Waals surface area (Å²) in [7, 11) is 0. The van der Waals surface area contributed by atoms with Gasteiger partial charge >= 0.3 is 5.97 Å². The Bertz CT molecular complexity index is 1670. The zero-order chi connectivity index (χ0) is 28.5. The quantitative estimate of drug-likeness (QED) is 0.215. The lowest BCUT2D eigenvalue weighted by atomic mass is 9.95. The zero-order valence-electron chi connectivity index (χ0n) is 22.7. The summed E-state index contributed by atoms with van der Waals surface area (Å²) in [5.74, 6) is 0.922. The number of thiazole rings is 1. The van der Waals surface area contributed by atoms with Gasteiger partial charge in [-0.1, -0.05) is 45.8 Å². The van der Waals surface area contributed by atoms with Crippen molar-refractivity contribution in [2.75, 3.05) is 24.7 Å². The monoisotopic (exact) mass is 625 g/mol. The van der Waals surface area contributed by atoms with Crippen LogP contribution in [-0.2, 0) is 16.1 Å². The van der Waals surface area contributed by atoms with Crippen LogP contribution in [0, 0.1) is 5.92 Å². The third kappa shape index (κ3) is 4.61. The molecule has 0 unspecified atom stereocenters. The van der Waals surface area contributed by atoms with E-state index in [0.717, 1.165) is 70.9 Å². The minimum absolute atomic E-state index is 0.127. The topological polar surface area (TPSA) is 97.9 Å². The van der Waals surface area contributed by atoms with Crippen molar-refractivity contribution < 1.29 is 23.9 Å². The highest BCUT2D eigenvalue weighted by Gasteiger charge is 2.47. The zero-order valence-corrected chi connectivity index (χ0v) is 25.1. The van der Waals surface area contributed by atoms with Crippen LogP contribution in [0.1, 0.15) is 71.2 Å². The summed E-state index contributed by atoms with van der Waals surface area (Å²) in [4.78, 5) is 19.3. The highest BCUT2D eigenvalue weighted by atomic mass is 35.5. The molecule has 2 aliphatic heterocycles. The van der Waals surface area contributed by atoms with Crippen LogP contribution in [0.4, 0.5) is 5.13 Å². The van der Waals surface area contributed by atoms with Crippen LogP contribution in [0.15, 0.2) is 34.9 Å². The minimum Gasteiger partial charge on any atom is -0.478 e. The van der Waals surface area contributed by atoms with Crippen LogP contribution < -0.4 is 4.90 Å². The number of benzene rings is 2.